The van der Waals surface area contributed by atoms with Gasteiger partial charge in [0.2, 0.25) is 17.7 Å². The van der Waals surface area contributed by atoms with Crippen molar-refractivity contribution >= 4 is 41.6 Å². The van der Waals surface area contributed by atoms with E-state index in [1.165, 1.54) is 32.1 Å². The Morgan fingerprint density at radius 3 is 1.20 bits per heavy atom. The minimum absolute atomic E-state index is 0.166. The van der Waals surface area contributed by atoms with Crippen molar-refractivity contribution in [3.05, 3.63) is 0 Å². The number of carbonyl (C=O) groups is 7. The second-order valence-electron chi connectivity index (χ2n) is 12.9. The Bertz CT molecular complexity index is 1020. The largest absolute Gasteiger partial charge is 0.481 e. The molecule has 0 radical (unpaired) electrons. The van der Waals surface area contributed by atoms with Gasteiger partial charge in [0.05, 0.1) is 0 Å². The molecule has 3 amide bonds. The highest BCUT2D eigenvalue weighted by molar-refractivity contribution is 5.86. The third-order valence-corrected chi connectivity index (χ3v) is 8.52. The minimum Gasteiger partial charge on any atom is -0.481 e. The molecule has 0 bridgehead atoms. The van der Waals surface area contributed by atoms with Crippen molar-refractivity contribution in [1.82, 2.24) is 21.3 Å². The predicted molar refractivity (Wildman–Crippen MR) is 186 cm³/mol. The average Bonchev–Trinajstić information content (AvgIpc) is 3.05. The zero-order valence-electron chi connectivity index (χ0n) is 29.8. The van der Waals surface area contributed by atoms with Gasteiger partial charge in [0.15, 0.2) is 0 Å². The van der Waals surface area contributed by atoms with Crippen molar-refractivity contribution in [2.24, 2.45) is 0 Å². The van der Waals surface area contributed by atoms with Crippen molar-refractivity contribution < 1.29 is 54.0 Å². The molecule has 3 atom stereocenters. The molecule has 15 heteroatoms. The first kappa shape index (κ1) is 46.2. The number of hydrogen-bond acceptors (Lipinski definition) is 8. The standard InChI is InChI=1S/C35H62N4O11/c1-36-26(33(45)46)18-16-17-25-37-29(40)23-21-27(34(47)48)39-31(42)24-22-28(35(49)50)38-30(41)19-14-12-10-8-6-4-2-3-5-7-9-11-13-15-20-32(43)44/h26-28,36H,2-25H2,1H3,(H,37,40)(H,38,41)(H,39,42)(H,43,44)(H,45,46)(H,47,48)(H,49,50)/t26-,27-,28-/m0/s1. The van der Waals surface area contributed by atoms with Crippen LogP contribution in [0.2, 0.25) is 0 Å². The van der Waals surface area contributed by atoms with Gasteiger partial charge in [-0.2, -0.15) is 0 Å². The highest BCUT2D eigenvalue weighted by atomic mass is 16.4. The van der Waals surface area contributed by atoms with Crippen LogP contribution in [0, 0.1) is 0 Å². The normalized spacial score (nSPS) is 12.7. The van der Waals surface area contributed by atoms with Crippen molar-refractivity contribution in [2.75, 3.05) is 13.6 Å². The Hall–Kier alpha value is -3.75. The van der Waals surface area contributed by atoms with Gasteiger partial charge in [-0.05, 0) is 52.0 Å². The summed E-state index contributed by atoms with van der Waals surface area (Å²) in [5.41, 5.74) is 0. The van der Waals surface area contributed by atoms with E-state index in [9.17, 15) is 43.8 Å². The quantitative estimate of drug-likeness (QED) is 0.0441. The van der Waals surface area contributed by atoms with Crippen LogP contribution in [0.4, 0.5) is 0 Å². The molecule has 288 valence electrons. The van der Waals surface area contributed by atoms with Gasteiger partial charge in [0.1, 0.15) is 18.1 Å². The number of amides is 3. The van der Waals surface area contributed by atoms with Crippen molar-refractivity contribution in [1.29, 1.82) is 0 Å². The van der Waals surface area contributed by atoms with Crippen LogP contribution in [0.25, 0.3) is 0 Å². The summed E-state index contributed by atoms with van der Waals surface area (Å²) in [6, 6.07) is -3.31. The number of carboxylic acids is 4. The first-order chi connectivity index (χ1) is 23.9. The maximum absolute atomic E-state index is 12.4. The van der Waals surface area contributed by atoms with E-state index < -0.39 is 59.7 Å². The van der Waals surface area contributed by atoms with E-state index in [4.69, 9.17) is 10.2 Å². The van der Waals surface area contributed by atoms with E-state index in [-0.39, 0.29) is 38.5 Å². The zero-order valence-corrected chi connectivity index (χ0v) is 29.8. The molecule has 0 aliphatic carbocycles. The molecule has 0 saturated heterocycles. The molecule has 0 aromatic heterocycles. The van der Waals surface area contributed by atoms with E-state index >= 15 is 0 Å². The number of carboxylic acid groups (broad SMARTS) is 4. The molecule has 0 aliphatic heterocycles. The Balaban J connectivity index is 4.10. The third kappa shape index (κ3) is 27.1. The molecule has 0 saturated carbocycles. The summed E-state index contributed by atoms with van der Waals surface area (Å²) in [6.45, 7) is 0.296. The maximum atomic E-state index is 12.4. The number of nitrogens with one attached hydrogen (secondary N) is 4. The van der Waals surface area contributed by atoms with Crippen molar-refractivity contribution in [3.8, 4) is 0 Å². The molecular formula is C35H62N4O11. The number of carbonyl (C=O) groups excluding carboxylic acids is 3. The first-order valence-corrected chi connectivity index (χ1v) is 18.3. The van der Waals surface area contributed by atoms with Gasteiger partial charge >= 0.3 is 23.9 Å². The topological polar surface area (TPSA) is 249 Å². The lowest BCUT2D eigenvalue weighted by Gasteiger charge is -2.17. The van der Waals surface area contributed by atoms with Crippen LogP contribution in [0.5, 0.6) is 0 Å². The fourth-order valence-corrected chi connectivity index (χ4v) is 5.46. The van der Waals surface area contributed by atoms with Crippen molar-refractivity contribution in [3.63, 3.8) is 0 Å². The van der Waals surface area contributed by atoms with Gasteiger partial charge in [-0.3, -0.25) is 24.0 Å². The predicted octanol–water partition coefficient (Wildman–Crippen LogP) is 3.97. The average molecular weight is 715 g/mol. The van der Waals surface area contributed by atoms with E-state index in [1.807, 2.05) is 0 Å². The molecule has 0 fully saturated rings. The SMILES string of the molecule is CN[C@@H](CCCCNC(=O)CC[C@H](NC(=O)CC[C@H](NC(=O)CCCCCCCCCCCCCCCCC(=O)O)C(=O)O)C(=O)O)C(=O)O. The van der Waals surface area contributed by atoms with Gasteiger partial charge in [-0.25, -0.2) is 9.59 Å². The molecule has 0 rings (SSSR count). The molecule has 0 spiro atoms. The Kier molecular flexibility index (Phi) is 27.8. The maximum Gasteiger partial charge on any atom is 0.326 e. The fourth-order valence-electron chi connectivity index (χ4n) is 5.46. The summed E-state index contributed by atoms with van der Waals surface area (Å²) in [5, 5.41) is 46.7. The lowest BCUT2D eigenvalue weighted by molar-refractivity contribution is -0.143. The molecular weight excluding hydrogens is 652 g/mol. The van der Waals surface area contributed by atoms with E-state index in [1.54, 1.807) is 7.05 Å². The van der Waals surface area contributed by atoms with Crippen LogP contribution in [0.15, 0.2) is 0 Å². The van der Waals surface area contributed by atoms with E-state index in [2.05, 4.69) is 21.3 Å². The Morgan fingerprint density at radius 2 is 0.800 bits per heavy atom. The van der Waals surface area contributed by atoms with Crippen LogP contribution in [0.1, 0.15) is 148 Å². The van der Waals surface area contributed by atoms with E-state index in [0.29, 0.717) is 32.2 Å². The lowest BCUT2D eigenvalue weighted by Crippen LogP contribution is -2.44. The van der Waals surface area contributed by atoms with E-state index in [0.717, 1.165) is 51.4 Å². The van der Waals surface area contributed by atoms with Crippen LogP contribution < -0.4 is 21.3 Å². The number of hydrogen-bond donors (Lipinski definition) is 8. The van der Waals surface area contributed by atoms with Gasteiger partial charge in [0.25, 0.3) is 0 Å². The molecule has 15 nitrogen and oxygen atoms in total. The second-order valence-corrected chi connectivity index (χ2v) is 12.9. The summed E-state index contributed by atoms with van der Waals surface area (Å²) in [7, 11) is 1.55. The monoisotopic (exact) mass is 714 g/mol. The highest BCUT2D eigenvalue weighted by Crippen LogP contribution is 2.14. The fraction of sp³-hybridized carbons (Fsp3) is 0.800. The summed E-state index contributed by atoms with van der Waals surface area (Å²) in [5.74, 6) is -5.85. The molecule has 8 N–H and O–H groups in total. The number of likely N-dealkylation sites (N-methyl/N-ethyl adjacent to an activating group) is 1. The van der Waals surface area contributed by atoms with Gasteiger partial charge < -0.3 is 41.7 Å². The number of aliphatic carboxylic acids is 4. The van der Waals surface area contributed by atoms with Crippen LogP contribution in [-0.4, -0.2) is 93.7 Å². The Morgan fingerprint density at radius 1 is 0.420 bits per heavy atom. The number of unbranched alkanes of at least 4 members (excludes halogenated alkanes) is 14. The second kappa shape index (κ2) is 30.1. The molecule has 50 heavy (non-hydrogen) atoms. The highest BCUT2D eigenvalue weighted by Gasteiger charge is 2.24. The molecule has 0 aromatic carbocycles. The lowest BCUT2D eigenvalue weighted by atomic mass is 10.0. The molecule has 0 aliphatic rings. The summed E-state index contributed by atoms with van der Waals surface area (Å²) in [4.78, 5) is 81.6. The Labute approximate surface area is 296 Å². The van der Waals surface area contributed by atoms with Crippen LogP contribution in [-0.2, 0) is 33.6 Å². The van der Waals surface area contributed by atoms with Gasteiger partial charge in [0, 0.05) is 32.2 Å². The molecule has 0 unspecified atom stereocenters. The van der Waals surface area contributed by atoms with Crippen LogP contribution >= 0.6 is 0 Å². The minimum atomic E-state index is -1.35. The van der Waals surface area contributed by atoms with Gasteiger partial charge in [-0.15, -0.1) is 0 Å². The third-order valence-electron chi connectivity index (χ3n) is 8.52. The number of rotatable bonds is 34. The van der Waals surface area contributed by atoms with Crippen molar-refractivity contribution in [2.45, 2.75) is 166 Å². The summed E-state index contributed by atoms with van der Waals surface area (Å²) in [6.07, 6.45) is 15.7. The molecule has 0 heterocycles. The summed E-state index contributed by atoms with van der Waals surface area (Å²) >= 11 is 0. The van der Waals surface area contributed by atoms with Crippen LogP contribution in [0.3, 0.4) is 0 Å². The first-order valence-electron chi connectivity index (χ1n) is 18.3. The van der Waals surface area contributed by atoms with Gasteiger partial charge in [-0.1, -0.05) is 77.0 Å². The smallest absolute Gasteiger partial charge is 0.326 e. The molecule has 0 aromatic rings. The zero-order chi connectivity index (χ0) is 37.6. The summed E-state index contributed by atoms with van der Waals surface area (Å²) < 4.78 is 0.